The largest absolute Gasteiger partial charge is 0.364 e. The van der Waals surface area contributed by atoms with E-state index in [9.17, 15) is 4.79 Å². The highest BCUT2D eigenvalue weighted by molar-refractivity contribution is 5.96. The van der Waals surface area contributed by atoms with E-state index < -0.39 is 0 Å². The quantitative estimate of drug-likeness (QED) is 0.668. The van der Waals surface area contributed by atoms with E-state index in [-0.39, 0.29) is 11.4 Å². The van der Waals surface area contributed by atoms with Gasteiger partial charge in [0.1, 0.15) is 17.8 Å². The summed E-state index contributed by atoms with van der Waals surface area (Å²) in [5.74, 6) is 1.49. The molecule has 2 N–H and O–H groups in total. The lowest BCUT2D eigenvalue weighted by atomic mass is 9.98. The topological polar surface area (TPSA) is 83.3 Å². The first-order valence-corrected chi connectivity index (χ1v) is 9.79. The van der Waals surface area contributed by atoms with Gasteiger partial charge in [-0.2, -0.15) is 0 Å². The van der Waals surface area contributed by atoms with Crippen LogP contribution in [0.15, 0.2) is 59.7 Å². The Morgan fingerprint density at radius 1 is 1.27 bits per heavy atom. The maximum Gasteiger partial charge on any atom is 0.251 e. The van der Waals surface area contributed by atoms with E-state index in [2.05, 4.69) is 54.1 Å². The van der Waals surface area contributed by atoms with Crippen LogP contribution in [0.25, 0.3) is 11.1 Å². The molecule has 0 spiro atoms. The van der Waals surface area contributed by atoms with Crippen molar-refractivity contribution >= 4 is 17.4 Å². The molecule has 4 rings (SSSR count). The molecule has 7 nitrogen and oxygen atoms in total. The third-order valence-corrected chi connectivity index (χ3v) is 5.03. The van der Waals surface area contributed by atoms with Gasteiger partial charge in [0.15, 0.2) is 5.82 Å². The molecule has 7 heteroatoms. The summed E-state index contributed by atoms with van der Waals surface area (Å²) in [5.41, 5.74) is 4.99. The predicted molar refractivity (Wildman–Crippen MR) is 117 cm³/mol. The van der Waals surface area contributed by atoms with Crippen molar-refractivity contribution in [3.63, 3.8) is 0 Å². The van der Waals surface area contributed by atoms with Crippen LogP contribution in [-0.4, -0.2) is 21.6 Å². The maximum absolute atomic E-state index is 12.6. The number of carbonyl (C=O) groups excluding carboxylic acids is 1. The second kappa shape index (κ2) is 7.33. The molecule has 0 saturated carbocycles. The van der Waals surface area contributed by atoms with E-state index in [1.165, 1.54) is 6.26 Å². The number of aromatic nitrogens is 2. The highest BCUT2D eigenvalue weighted by Crippen LogP contribution is 2.40. The van der Waals surface area contributed by atoms with Crippen LogP contribution in [0, 0.1) is 6.92 Å². The van der Waals surface area contributed by atoms with Crippen molar-refractivity contribution in [3.8, 4) is 11.1 Å². The lowest BCUT2D eigenvalue weighted by Crippen LogP contribution is -2.39. The standard InChI is InChI=1S/C23H25N5O2/c1-14-6-7-16(22(29)25-13-18-8-9-30-27-18)10-19(14)17-11-20-21(24-12-17)28(15(2)26-20)23(3,4)5/h6-12,26H,2,13H2,1,3-5H3,(H,25,29). The minimum absolute atomic E-state index is 0.137. The van der Waals surface area contributed by atoms with Gasteiger partial charge in [-0.1, -0.05) is 17.8 Å². The van der Waals surface area contributed by atoms with Gasteiger partial charge in [0.25, 0.3) is 5.91 Å². The van der Waals surface area contributed by atoms with E-state index in [1.54, 1.807) is 6.07 Å². The molecule has 1 aliphatic heterocycles. The van der Waals surface area contributed by atoms with E-state index in [4.69, 9.17) is 9.51 Å². The molecule has 0 fully saturated rings. The predicted octanol–water partition coefficient (Wildman–Crippen LogP) is 4.48. The number of hydrogen-bond acceptors (Lipinski definition) is 6. The zero-order valence-corrected chi connectivity index (χ0v) is 17.6. The minimum Gasteiger partial charge on any atom is -0.364 e. The van der Waals surface area contributed by atoms with Crippen molar-refractivity contribution in [2.24, 2.45) is 0 Å². The monoisotopic (exact) mass is 403 g/mol. The maximum atomic E-state index is 12.6. The van der Waals surface area contributed by atoms with Crippen molar-refractivity contribution in [2.75, 3.05) is 10.2 Å². The summed E-state index contributed by atoms with van der Waals surface area (Å²) in [6, 6.07) is 9.43. The molecule has 3 heterocycles. The molecule has 0 aliphatic carbocycles. The Morgan fingerprint density at radius 2 is 2.07 bits per heavy atom. The molecule has 1 aliphatic rings. The second-order valence-corrected chi connectivity index (χ2v) is 8.38. The lowest BCUT2D eigenvalue weighted by Gasteiger charge is -2.33. The first kappa shape index (κ1) is 19.7. The molecule has 0 radical (unpaired) electrons. The van der Waals surface area contributed by atoms with Crippen LogP contribution in [0.4, 0.5) is 11.5 Å². The van der Waals surface area contributed by atoms with Gasteiger partial charge >= 0.3 is 0 Å². The summed E-state index contributed by atoms with van der Waals surface area (Å²) in [6.07, 6.45) is 3.33. The third-order valence-electron chi connectivity index (χ3n) is 5.03. The molecule has 154 valence electrons. The summed E-state index contributed by atoms with van der Waals surface area (Å²) < 4.78 is 4.79. The van der Waals surface area contributed by atoms with Crippen LogP contribution >= 0.6 is 0 Å². The van der Waals surface area contributed by atoms with Crippen molar-refractivity contribution < 1.29 is 9.32 Å². The summed E-state index contributed by atoms with van der Waals surface area (Å²) in [4.78, 5) is 19.4. The number of nitrogens with zero attached hydrogens (tertiary/aromatic N) is 3. The van der Waals surface area contributed by atoms with Crippen LogP contribution in [0.5, 0.6) is 0 Å². The van der Waals surface area contributed by atoms with Crippen LogP contribution < -0.4 is 15.5 Å². The molecule has 0 bridgehead atoms. The molecule has 2 aromatic heterocycles. The van der Waals surface area contributed by atoms with Gasteiger partial charge in [0, 0.05) is 28.9 Å². The first-order chi connectivity index (χ1) is 14.2. The van der Waals surface area contributed by atoms with E-state index in [0.29, 0.717) is 17.8 Å². The van der Waals surface area contributed by atoms with Crippen LogP contribution in [0.3, 0.4) is 0 Å². The number of rotatable bonds is 4. The number of anilines is 2. The number of carbonyl (C=O) groups is 1. The number of benzene rings is 1. The number of hydrogen-bond donors (Lipinski definition) is 2. The molecule has 30 heavy (non-hydrogen) atoms. The van der Waals surface area contributed by atoms with Crippen LogP contribution in [0.2, 0.25) is 0 Å². The van der Waals surface area contributed by atoms with Gasteiger partial charge in [-0.25, -0.2) is 4.98 Å². The Labute approximate surface area is 175 Å². The third kappa shape index (κ3) is 3.66. The fraction of sp³-hybridized carbons (Fsp3) is 0.261. The zero-order chi connectivity index (χ0) is 21.5. The van der Waals surface area contributed by atoms with E-state index in [1.807, 2.05) is 31.3 Å². The van der Waals surface area contributed by atoms with Crippen LogP contribution in [-0.2, 0) is 6.54 Å². The summed E-state index contributed by atoms with van der Waals surface area (Å²) in [7, 11) is 0. The molecule has 0 atom stereocenters. The highest BCUT2D eigenvalue weighted by Gasteiger charge is 2.33. The van der Waals surface area contributed by atoms with Gasteiger partial charge in [0.05, 0.1) is 12.2 Å². The van der Waals surface area contributed by atoms with Crippen LogP contribution in [0.1, 0.15) is 42.4 Å². The Bertz CT molecular complexity index is 1110. The summed E-state index contributed by atoms with van der Waals surface area (Å²) in [6.45, 7) is 12.8. The molecule has 1 amide bonds. The van der Waals surface area contributed by atoms with Gasteiger partial charge < -0.3 is 20.1 Å². The van der Waals surface area contributed by atoms with Crippen molar-refractivity contribution in [1.82, 2.24) is 15.5 Å². The Morgan fingerprint density at radius 3 is 2.77 bits per heavy atom. The number of aryl methyl sites for hydroxylation is 1. The van der Waals surface area contributed by atoms with Crippen molar-refractivity contribution in [2.45, 2.75) is 39.8 Å². The molecular weight excluding hydrogens is 378 g/mol. The van der Waals surface area contributed by atoms with Gasteiger partial charge in [-0.05, 0) is 57.0 Å². The molecule has 3 aromatic rings. The second-order valence-electron chi connectivity index (χ2n) is 8.38. The Kier molecular flexibility index (Phi) is 4.81. The Balaban J connectivity index is 1.62. The lowest BCUT2D eigenvalue weighted by molar-refractivity contribution is 0.0950. The smallest absolute Gasteiger partial charge is 0.251 e. The fourth-order valence-corrected chi connectivity index (χ4v) is 3.61. The molecule has 0 saturated heterocycles. The number of nitrogens with one attached hydrogen (secondary N) is 2. The molecular formula is C23H25N5O2. The van der Waals surface area contributed by atoms with E-state index in [0.717, 1.165) is 34.0 Å². The highest BCUT2D eigenvalue weighted by atomic mass is 16.5. The van der Waals surface area contributed by atoms with Crippen molar-refractivity contribution in [3.05, 3.63) is 72.0 Å². The average molecular weight is 403 g/mol. The van der Waals surface area contributed by atoms with Gasteiger partial charge in [-0.15, -0.1) is 0 Å². The SMILES string of the molecule is C=C1Nc2cc(-c3cc(C(=O)NCc4ccon4)ccc3C)cnc2N1C(C)(C)C. The Hall–Kier alpha value is -3.61. The average Bonchev–Trinajstić information content (AvgIpc) is 3.31. The van der Waals surface area contributed by atoms with E-state index >= 15 is 0 Å². The zero-order valence-electron chi connectivity index (χ0n) is 17.6. The summed E-state index contributed by atoms with van der Waals surface area (Å²) >= 11 is 0. The minimum atomic E-state index is -0.168. The molecule has 0 unspecified atom stereocenters. The molecule has 1 aromatic carbocycles. The number of fused-ring (bicyclic) bond motifs is 1. The van der Waals surface area contributed by atoms with Gasteiger partial charge in [-0.3, -0.25) is 4.79 Å². The normalized spacial score (nSPS) is 13.2. The summed E-state index contributed by atoms with van der Waals surface area (Å²) in [5, 5.41) is 10.0. The fourth-order valence-electron chi connectivity index (χ4n) is 3.61. The van der Waals surface area contributed by atoms with Gasteiger partial charge in [0.2, 0.25) is 0 Å². The number of amides is 1. The number of pyridine rings is 1. The first-order valence-electron chi connectivity index (χ1n) is 9.79. The van der Waals surface area contributed by atoms with Crippen molar-refractivity contribution in [1.29, 1.82) is 0 Å².